The van der Waals surface area contributed by atoms with Gasteiger partial charge in [-0.25, -0.2) is 4.79 Å². The Bertz CT molecular complexity index is 1720. The molecule has 23 nitrogen and oxygen atoms in total. The number of carbonyl (C=O) groups excluding carboxylic acids is 8. The normalized spacial score (nSPS) is 13.8. The largest absolute Gasteiger partial charge is 0.480 e. The van der Waals surface area contributed by atoms with Gasteiger partial charge in [0.05, 0.1) is 6.61 Å². The molecule has 0 aromatic carbocycles. The van der Waals surface area contributed by atoms with Gasteiger partial charge in [0.15, 0.2) is 0 Å². The zero-order valence-corrected chi connectivity index (χ0v) is 48.9. The van der Waals surface area contributed by atoms with Crippen molar-refractivity contribution >= 4 is 65.1 Å². The topological polar surface area (TPSA) is 389 Å². The van der Waals surface area contributed by atoms with Crippen LogP contribution >= 0.6 is 11.8 Å². The summed E-state index contributed by atoms with van der Waals surface area (Å²) in [7, 11) is 0. The van der Waals surface area contributed by atoms with E-state index in [1.54, 1.807) is 0 Å². The van der Waals surface area contributed by atoms with E-state index in [0.29, 0.717) is 83.7 Å². The highest BCUT2D eigenvalue weighted by Crippen LogP contribution is 2.15. The lowest BCUT2D eigenvalue weighted by molar-refractivity contribution is -0.157. The fourth-order valence-electron chi connectivity index (χ4n) is 8.26. The second-order valence-electron chi connectivity index (χ2n) is 20.2. The number of aliphatic hydroxyl groups excluding tert-OH is 1. The first kappa shape index (κ1) is 74.4. The molecule has 0 saturated heterocycles. The average Bonchev–Trinajstić information content (AvgIpc) is 3.43. The Morgan fingerprint density at radius 3 is 1.22 bits per heavy atom. The monoisotopic (exact) mass is 1140 g/mol. The number of carboxylic acid groups (broad SMARTS) is 1. The van der Waals surface area contributed by atoms with Gasteiger partial charge in [-0.3, -0.25) is 38.4 Å². The molecule has 0 rings (SSSR count). The number of ether oxygens (including phenoxy) is 2. The zero-order chi connectivity index (χ0) is 59.1. The number of nitrogens with one attached hydrogen (secondary N) is 6. The molecule has 0 bridgehead atoms. The van der Waals surface area contributed by atoms with Crippen LogP contribution in [-0.2, 0) is 52.6 Å². The van der Waals surface area contributed by atoms with Crippen molar-refractivity contribution < 1.29 is 62.8 Å². The second kappa shape index (κ2) is 49.2. The van der Waals surface area contributed by atoms with Crippen LogP contribution < -0.4 is 54.8 Å². The Labute approximate surface area is 474 Å². The van der Waals surface area contributed by atoms with E-state index in [1.807, 2.05) is 6.92 Å². The molecule has 16 N–H and O–H groups in total. The predicted octanol–water partition coefficient (Wildman–Crippen LogP) is 2.98. The summed E-state index contributed by atoms with van der Waals surface area (Å²) in [4.78, 5) is 121. The van der Waals surface area contributed by atoms with Crippen molar-refractivity contribution in [2.75, 3.05) is 50.9 Å². The Morgan fingerprint density at radius 2 is 0.785 bits per heavy atom. The molecular weight excluding hydrogens is 1040 g/mol. The molecule has 0 fully saturated rings. The number of esters is 2. The van der Waals surface area contributed by atoms with Crippen LogP contribution in [0, 0.1) is 0 Å². The van der Waals surface area contributed by atoms with Gasteiger partial charge >= 0.3 is 17.9 Å². The van der Waals surface area contributed by atoms with E-state index in [9.17, 15) is 53.4 Å². The number of thioether (sulfide) groups is 1. The maximum Gasteiger partial charge on any atom is 0.326 e. The number of amides is 6. The fraction of sp³-hybridized carbons (Fsp3) is 0.836. The number of carbonyl (C=O) groups is 9. The van der Waals surface area contributed by atoms with E-state index in [2.05, 4.69) is 45.7 Å². The van der Waals surface area contributed by atoms with Gasteiger partial charge in [-0.1, -0.05) is 85.0 Å². The number of hydrogen-bond acceptors (Lipinski definition) is 17. The Hall–Kier alpha value is -4.62. The van der Waals surface area contributed by atoms with E-state index < -0.39 is 102 Å². The smallest absolute Gasteiger partial charge is 0.326 e. The molecule has 0 aliphatic rings. The summed E-state index contributed by atoms with van der Waals surface area (Å²) >= 11 is 1.16. The van der Waals surface area contributed by atoms with Gasteiger partial charge in [0.1, 0.15) is 49.0 Å². The van der Waals surface area contributed by atoms with Crippen LogP contribution in [0.5, 0.6) is 0 Å². The first-order valence-electron chi connectivity index (χ1n) is 29.4. The molecule has 1 unspecified atom stereocenters. The van der Waals surface area contributed by atoms with Gasteiger partial charge in [-0.15, -0.1) is 0 Å². The highest BCUT2D eigenvalue weighted by molar-refractivity contribution is 7.99. The van der Waals surface area contributed by atoms with Gasteiger partial charge in [0.2, 0.25) is 35.4 Å². The number of aliphatic hydroxyl groups is 1. The van der Waals surface area contributed by atoms with Crippen molar-refractivity contribution in [1.82, 2.24) is 31.9 Å². The molecule has 0 radical (unpaired) electrons. The van der Waals surface area contributed by atoms with Gasteiger partial charge in [0, 0.05) is 30.8 Å². The summed E-state index contributed by atoms with van der Waals surface area (Å²) in [6.45, 7) is 6.28. The summed E-state index contributed by atoms with van der Waals surface area (Å²) in [5.74, 6) is -6.52. The standard InChI is InChI=1S/C55H104N10O13S/c1-4-7-10-12-15-30-48(68)77-37-40(78-49(69)31-16-13-11-8-5-2)38-79-39-46(60-47(67)29-14-9-6-3)54(74)65-45(36-66)53(73)63-42(26-18-22-33-57)51(71)61-41(25-17-21-32-56)50(70)62-43(27-19-23-34-58)52(72)64-44(55(75)76)28-20-24-35-59/h40-46,66H,4-39,56-59H2,1-3H3,(H,60,67)(H,61,71)(H,62,70)(H,63,73)(H,64,72)(H,65,74)(H,75,76)/t40?,41-,42-,43-,44-,45-,46+/m0/s1. The average molecular weight is 1150 g/mol. The third kappa shape index (κ3) is 37.9. The van der Waals surface area contributed by atoms with Crippen molar-refractivity contribution in [1.29, 1.82) is 0 Å². The number of carboxylic acids is 1. The SMILES string of the molecule is CCCCCCCC(=O)OCC(CSC[C@@H](NC(=O)CCCCC)C(=O)N[C@@H](CO)C(=O)N[C@@H](CCCCN)C(=O)N[C@@H](CCCCN)C(=O)N[C@@H](CCCCN)C(=O)N[C@@H](CCCCN)C(=O)O)OC(=O)CCCCCCC. The van der Waals surface area contributed by atoms with Crippen molar-refractivity contribution in [2.24, 2.45) is 22.9 Å². The first-order chi connectivity index (χ1) is 38.0. The van der Waals surface area contributed by atoms with E-state index in [-0.39, 0.29) is 76.1 Å². The number of nitrogens with two attached hydrogens (primary N) is 4. The van der Waals surface area contributed by atoms with Crippen LogP contribution in [-0.4, -0.2) is 157 Å². The molecule has 7 atom stereocenters. The minimum Gasteiger partial charge on any atom is -0.480 e. The molecule has 24 heteroatoms. The number of hydrogen-bond donors (Lipinski definition) is 12. The van der Waals surface area contributed by atoms with Gasteiger partial charge in [-0.05, 0) is 122 Å². The van der Waals surface area contributed by atoms with Crippen molar-refractivity contribution in [3.63, 3.8) is 0 Å². The lowest BCUT2D eigenvalue weighted by atomic mass is 10.0. The third-order valence-electron chi connectivity index (χ3n) is 13.1. The Kier molecular flexibility index (Phi) is 46.3. The van der Waals surface area contributed by atoms with Crippen molar-refractivity contribution in [2.45, 2.75) is 243 Å². The van der Waals surface area contributed by atoms with E-state index >= 15 is 0 Å². The summed E-state index contributed by atoms with van der Waals surface area (Å²) < 4.78 is 11.3. The number of rotatable bonds is 52. The molecule has 0 aromatic rings. The summed E-state index contributed by atoms with van der Waals surface area (Å²) in [6, 6.07) is -7.83. The quantitative estimate of drug-likeness (QED) is 0.0308. The minimum absolute atomic E-state index is 0.0365. The van der Waals surface area contributed by atoms with Crippen LogP contribution in [0.25, 0.3) is 0 Å². The molecule has 0 saturated carbocycles. The summed E-state index contributed by atoms with van der Waals surface area (Å²) in [5.41, 5.74) is 22.8. The molecule has 458 valence electrons. The van der Waals surface area contributed by atoms with E-state index in [0.717, 1.165) is 76.0 Å². The van der Waals surface area contributed by atoms with Crippen LogP contribution in [0.3, 0.4) is 0 Å². The Morgan fingerprint density at radius 1 is 0.418 bits per heavy atom. The highest BCUT2D eigenvalue weighted by atomic mass is 32.2. The first-order valence-corrected chi connectivity index (χ1v) is 30.6. The Balaban J connectivity index is 6.51. The molecule has 0 aromatic heterocycles. The van der Waals surface area contributed by atoms with Crippen LogP contribution in [0.2, 0.25) is 0 Å². The molecule has 0 spiro atoms. The van der Waals surface area contributed by atoms with Gasteiger partial charge in [-0.2, -0.15) is 11.8 Å². The lowest BCUT2D eigenvalue weighted by Gasteiger charge is -2.27. The van der Waals surface area contributed by atoms with E-state index in [4.69, 9.17) is 32.4 Å². The highest BCUT2D eigenvalue weighted by Gasteiger charge is 2.33. The van der Waals surface area contributed by atoms with E-state index in [1.165, 1.54) is 0 Å². The maximum absolute atomic E-state index is 14.2. The molecule has 0 aliphatic heterocycles. The van der Waals surface area contributed by atoms with Crippen LogP contribution in [0.15, 0.2) is 0 Å². The molecular formula is C55H104N10O13S. The second-order valence-corrected chi connectivity index (χ2v) is 21.3. The third-order valence-corrected chi connectivity index (χ3v) is 14.2. The molecule has 0 heterocycles. The molecule has 6 amide bonds. The molecule has 0 aliphatic carbocycles. The van der Waals surface area contributed by atoms with Gasteiger partial charge < -0.3 is 74.5 Å². The predicted molar refractivity (Wildman–Crippen MR) is 307 cm³/mol. The van der Waals surface area contributed by atoms with Crippen LogP contribution in [0.4, 0.5) is 0 Å². The lowest BCUT2D eigenvalue weighted by Crippen LogP contribution is -2.60. The van der Waals surface area contributed by atoms with Crippen molar-refractivity contribution in [3.05, 3.63) is 0 Å². The van der Waals surface area contributed by atoms with Crippen molar-refractivity contribution in [3.8, 4) is 0 Å². The van der Waals surface area contributed by atoms with Gasteiger partial charge in [0.25, 0.3) is 0 Å². The van der Waals surface area contributed by atoms with Crippen LogP contribution in [0.1, 0.15) is 201 Å². The molecule has 79 heavy (non-hydrogen) atoms. The fourth-order valence-corrected chi connectivity index (χ4v) is 9.29. The number of unbranched alkanes of at least 4 members (excludes halogenated alkanes) is 14. The zero-order valence-electron chi connectivity index (χ0n) is 48.1. The maximum atomic E-state index is 14.2. The minimum atomic E-state index is -1.62. The summed E-state index contributed by atoms with van der Waals surface area (Å²) in [5, 5.41) is 36.1. The number of aliphatic carboxylic acids is 1. The summed E-state index contributed by atoms with van der Waals surface area (Å²) in [6.07, 6.45) is 15.1.